The Kier molecular flexibility index (Phi) is 3.31. The minimum Gasteiger partial charge on any atom is -0.398 e. The number of rotatable bonds is 2. The van der Waals surface area contributed by atoms with Crippen molar-refractivity contribution >= 4 is 11.6 Å². The van der Waals surface area contributed by atoms with Crippen LogP contribution in [-0.4, -0.2) is 11.5 Å². The van der Waals surface area contributed by atoms with Crippen molar-refractivity contribution in [1.29, 1.82) is 0 Å². The smallest absolute Gasteiger partial charge is 0.276 e. The third-order valence-electron chi connectivity index (χ3n) is 1.66. The van der Waals surface area contributed by atoms with Gasteiger partial charge in [0.2, 0.25) is 0 Å². The van der Waals surface area contributed by atoms with Gasteiger partial charge in [-0.15, -0.1) is 0 Å². The molecule has 1 aromatic carbocycles. The summed E-state index contributed by atoms with van der Waals surface area (Å²) in [4.78, 5) is 16.7. The number of amides is 1. The first kappa shape index (κ1) is 11.5. The van der Waals surface area contributed by atoms with Crippen molar-refractivity contribution < 1.29 is 9.63 Å². The lowest BCUT2D eigenvalue weighted by Crippen LogP contribution is -2.33. The molecule has 82 valence electrons. The van der Waals surface area contributed by atoms with Gasteiger partial charge in [-0.3, -0.25) is 9.63 Å². The first-order chi connectivity index (χ1) is 6.90. The number of carbonyl (C=O) groups excluding carboxylic acids is 1. The molecule has 0 aliphatic rings. The molecular weight excluding hydrogens is 192 g/mol. The molecule has 0 radical (unpaired) electrons. The van der Waals surface area contributed by atoms with Gasteiger partial charge < -0.3 is 5.73 Å². The summed E-state index contributed by atoms with van der Waals surface area (Å²) in [5.74, 6) is -0.331. The van der Waals surface area contributed by atoms with Crippen LogP contribution in [0.5, 0.6) is 0 Å². The van der Waals surface area contributed by atoms with Crippen LogP contribution in [0.1, 0.15) is 31.1 Å². The average molecular weight is 208 g/mol. The van der Waals surface area contributed by atoms with Gasteiger partial charge >= 0.3 is 0 Å². The largest absolute Gasteiger partial charge is 0.398 e. The maximum absolute atomic E-state index is 11.6. The molecule has 0 aromatic heterocycles. The summed E-state index contributed by atoms with van der Waals surface area (Å²) in [6, 6.07) is 6.85. The molecule has 0 fully saturated rings. The monoisotopic (exact) mass is 208 g/mol. The van der Waals surface area contributed by atoms with E-state index in [4.69, 9.17) is 10.6 Å². The molecule has 0 saturated carbocycles. The van der Waals surface area contributed by atoms with Gasteiger partial charge in [0, 0.05) is 5.69 Å². The number of hydrogen-bond donors (Lipinski definition) is 2. The highest BCUT2D eigenvalue weighted by molar-refractivity contribution is 5.98. The van der Waals surface area contributed by atoms with E-state index in [1.165, 1.54) is 0 Å². The van der Waals surface area contributed by atoms with Crippen LogP contribution in [0.25, 0.3) is 0 Å². The van der Waals surface area contributed by atoms with E-state index < -0.39 is 5.60 Å². The summed E-state index contributed by atoms with van der Waals surface area (Å²) in [6.07, 6.45) is 0. The first-order valence-electron chi connectivity index (χ1n) is 4.73. The number of nitrogens with one attached hydrogen (secondary N) is 1. The number of benzene rings is 1. The predicted molar refractivity (Wildman–Crippen MR) is 59.2 cm³/mol. The third kappa shape index (κ3) is 3.59. The van der Waals surface area contributed by atoms with Crippen LogP contribution in [0, 0.1) is 0 Å². The van der Waals surface area contributed by atoms with Gasteiger partial charge in [0.15, 0.2) is 0 Å². The molecular formula is C11H16N2O2. The molecule has 1 aromatic rings. The zero-order valence-corrected chi connectivity index (χ0v) is 9.20. The second-order valence-electron chi connectivity index (χ2n) is 4.23. The van der Waals surface area contributed by atoms with E-state index in [1.54, 1.807) is 24.3 Å². The molecule has 0 atom stereocenters. The van der Waals surface area contributed by atoms with Crippen LogP contribution >= 0.6 is 0 Å². The quantitative estimate of drug-likeness (QED) is 0.574. The van der Waals surface area contributed by atoms with E-state index in [2.05, 4.69) is 5.48 Å². The average Bonchev–Trinajstić information content (AvgIpc) is 2.14. The molecule has 15 heavy (non-hydrogen) atoms. The molecule has 4 nitrogen and oxygen atoms in total. The maximum atomic E-state index is 11.6. The van der Waals surface area contributed by atoms with Gasteiger partial charge in [-0.05, 0) is 32.9 Å². The lowest BCUT2D eigenvalue weighted by Gasteiger charge is -2.19. The van der Waals surface area contributed by atoms with Crippen molar-refractivity contribution in [3.05, 3.63) is 29.8 Å². The fraction of sp³-hybridized carbons (Fsp3) is 0.364. The summed E-state index contributed by atoms with van der Waals surface area (Å²) >= 11 is 0. The SMILES string of the molecule is CC(C)(C)ONC(=O)c1ccccc1N. The minimum absolute atomic E-state index is 0.331. The zero-order chi connectivity index (χ0) is 11.5. The van der Waals surface area contributed by atoms with Gasteiger partial charge in [-0.25, -0.2) is 5.48 Å². The van der Waals surface area contributed by atoms with Crippen molar-refractivity contribution in [2.24, 2.45) is 0 Å². The summed E-state index contributed by atoms with van der Waals surface area (Å²) < 4.78 is 0. The summed E-state index contributed by atoms with van der Waals surface area (Å²) in [7, 11) is 0. The van der Waals surface area contributed by atoms with Gasteiger partial charge in [-0.1, -0.05) is 12.1 Å². The summed E-state index contributed by atoms with van der Waals surface area (Å²) in [5, 5.41) is 0. The number of hydroxylamine groups is 1. The minimum atomic E-state index is -0.417. The lowest BCUT2D eigenvalue weighted by atomic mass is 10.2. The van der Waals surface area contributed by atoms with Crippen LogP contribution in [0.15, 0.2) is 24.3 Å². The molecule has 0 saturated heterocycles. The Morgan fingerprint density at radius 3 is 2.47 bits per heavy atom. The van der Waals surface area contributed by atoms with Gasteiger partial charge in [0.1, 0.15) is 0 Å². The Bertz CT molecular complexity index is 356. The van der Waals surface area contributed by atoms with Crippen molar-refractivity contribution in [2.75, 3.05) is 5.73 Å². The topological polar surface area (TPSA) is 64.3 Å². The normalized spacial score (nSPS) is 11.1. The number of carbonyl (C=O) groups is 1. The molecule has 0 bridgehead atoms. The van der Waals surface area contributed by atoms with Gasteiger partial charge in [0.05, 0.1) is 11.2 Å². The van der Waals surface area contributed by atoms with Crippen molar-refractivity contribution in [3.63, 3.8) is 0 Å². The van der Waals surface area contributed by atoms with E-state index >= 15 is 0 Å². The second-order valence-corrected chi connectivity index (χ2v) is 4.23. The lowest BCUT2D eigenvalue weighted by molar-refractivity contribution is -0.0589. The Hall–Kier alpha value is -1.55. The Balaban J connectivity index is 2.66. The Labute approximate surface area is 89.4 Å². The number of anilines is 1. The molecule has 0 unspecified atom stereocenters. The molecule has 4 heteroatoms. The predicted octanol–water partition coefficient (Wildman–Crippen LogP) is 1.73. The highest BCUT2D eigenvalue weighted by Crippen LogP contribution is 2.11. The number of hydrogen-bond acceptors (Lipinski definition) is 3. The van der Waals surface area contributed by atoms with Crippen molar-refractivity contribution in [2.45, 2.75) is 26.4 Å². The molecule has 0 heterocycles. The number of nitrogen functional groups attached to an aromatic ring is 1. The van der Waals surface area contributed by atoms with Crippen molar-refractivity contribution in [1.82, 2.24) is 5.48 Å². The van der Waals surface area contributed by atoms with E-state index in [0.29, 0.717) is 11.3 Å². The Morgan fingerprint density at radius 1 is 1.33 bits per heavy atom. The molecule has 3 N–H and O–H groups in total. The van der Waals surface area contributed by atoms with E-state index in [-0.39, 0.29) is 5.91 Å². The third-order valence-corrected chi connectivity index (χ3v) is 1.66. The number of para-hydroxylation sites is 1. The van der Waals surface area contributed by atoms with Crippen molar-refractivity contribution in [3.8, 4) is 0 Å². The molecule has 1 rings (SSSR count). The standard InChI is InChI=1S/C11H16N2O2/c1-11(2,3)15-13-10(14)8-6-4-5-7-9(8)12/h4-7H,12H2,1-3H3,(H,13,14). The Morgan fingerprint density at radius 2 is 1.93 bits per heavy atom. The van der Waals surface area contributed by atoms with Gasteiger partial charge in [0.25, 0.3) is 5.91 Å². The van der Waals surface area contributed by atoms with Crippen LogP contribution in [-0.2, 0) is 4.84 Å². The summed E-state index contributed by atoms with van der Waals surface area (Å²) in [5.41, 5.74) is 8.44. The second kappa shape index (κ2) is 4.31. The van der Waals surface area contributed by atoms with E-state index in [1.807, 2.05) is 20.8 Å². The maximum Gasteiger partial charge on any atom is 0.276 e. The zero-order valence-electron chi connectivity index (χ0n) is 9.20. The molecule has 0 aliphatic heterocycles. The molecule has 0 spiro atoms. The fourth-order valence-corrected chi connectivity index (χ4v) is 0.958. The molecule has 1 amide bonds. The summed E-state index contributed by atoms with van der Waals surface area (Å²) in [6.45, 7) is 5.55. The highest BCUT2D eigenvalue weighted by atomic mass is 16.7. The van der Waals surface area contributed by atoms with Crippen LogP contribution in [0.3, 0.4) is 0 Å². The molecule has 0 aliphatic carbocycles. The van der Waals surface area contributed by atoms with Crippen LogP contribution in [0.4, 0.5) is 5.69 Å². The van der Waals surface area contributed by atoms with Crippen LogP contribution < -0.4 is 11.2 Å². The van der Waals surface area contributed by atoms with Crippen LogP contribution in [0.2, 0.25) is 0 Å². The van der Waals surface area contributed by atoms with E-state index in [0.717, 1.165) is 0 Å². The fourth-order valence-electron chi connectivity index (χ4n) is 0.958. The van der Waals surface area contributed by atoms with Gasteiger partial charge in [-0.2, -0.15) is 0 Å². The van der Waals surface area contributed by atoms with E-state index in [9.17, 15) is 4.79 Å². The first-order valence-corrected chi connectivity index (χ1v) is 4.73. The highest BCUT2D eigenvalue weighted by Gasteiger charge is 2.14. The number of nitrogens with two attached hydrogens (primary N) is 1.